The van der Waals surface area contributed by atoms with Gasteiger partial charge in [0.25, 0.3) is 0 Å². The summed E-state index contributed by atoms with van der Waals surface area (Å²) in [6.07, 6.45) is 8.89. The van der Waals surface area contributed by atoms with E-state index in [1.807, 2.05) is 6.79 Å². The Balaban J connectivity index is 0.000000211. The van der Waals surface area contributed by atoms with E-state index in [4.69, 9.17) is 4.79 Å². The van der Waals surface area contributed by atoms with Crippen molar-refractivity contribution in [3.05, 3.63) is 85.2 Å². The highest BCUT2D eigenvalue weighted by molar-refractivity contribution is 9.11. The number of hydrogen-bond acceptors (Lipinski definition) is 4. The van der Waals surface area contributed by atoms with Crippen LogP contribution < -0.4 is 14.7 Å². The van der Waals surface area contributed by atoms with Crippen molar-refractivity contribution in [1.29, 1.82) is 0 Å². The van der Waals surface area contributed by atoms with Gasteiger partial charge >= 0.3 is 0 Å². The fraction of sp³-hybridized carbons (Fsp3) is 0.406. The third-order valence-corrected chi connectivity index (χ3v) is 9.65. The summed E-state index contributed by atoms with van der Waals surface area (Å²) < 4.78 is 3.60. The van der Waals surface area contributed by atoms with E-state index in [0.717, 1.165) is 6.42 Å². The van der Waals surface area contributed by atoms with Gasteiger partial charge in [-0.2, -0.15) is 0 Å². The predicted molar refractivity (Wildman–Crippen MR) is 177 cm³/mol. The average Bonchev–Trinajstić information content (AvgIpc) is 3.76. The van der Waals surface area contributed by atoms with Gasteiger partial charge in [-0.3, -0.25) is 0 Å². The van der Waals surface area contributed by atoms with Gasteiger partial charge in [-0.05, 0) is 98.5 Å². The number of rotatable bonds is 5. The molecule has 0 amide bonds. The first kappa shape index (κ1) is 30.1. The van der Waals surface area contributed by atoms with Crippen LogP contribution in [0.4, 0.5) is 17.1 Å². The molecule has 3 fully saturated rings. The predicted octanol–water partition coefficient (Wildman–Crippen LogP) is 8.87. The van der Waals surface area contributed by atoms with E-state index in [-0.39, 0.29) is 0 Å². The molecule has 3 heterocycles. The lowest BCUT2D eigenvalue weighted by Crippen LogP contribution is -2.17. The van der Waals surface area contributed by atoms with E-state index in [9.17, 15) is 0 Å². The van der Waals surface area contributed by atoms with E-state index >= 15 is 0 Å². The van der Waals surface area contributed by atoms with Crippen LogP contribution in [0.5, 0.6) is 0 Å². The van der Waals surface area contributed by atoms with Crippen LogP contribution in [-0.2, 0) is 11.2 Å². The maximum atomic E-state index is 8.00. The molecule has 0 atom stereocenters. The van der Waals surface area contributed by atoms with Gasteiger partial charge in [0.05, 0.1) is 0 Å². The Labute approximate surface area is 259 Å². The lowest BCUT2D eigenvalue weighted by molar-refractivity contribution is -0.0979. The van der Waals surface area contributed by atoms with Crippen LogP contribution in [0.2, 0.25) is 0 Å². The highest BCUT2D eigenvalue weighted by Gasteiger charge is 2.16. The lowest BCUT2D eigenvalue weighted by atomic mass is 10.0. The van der Waals surface area contributed by atoms with Gasteiger partial charge in [0.2, 0.25) is 0 Å². The zero-order valence-electron chi connectivity index (χ0n) is 22.6. The Morgan fingerprint density at radius 1 is 0.538 bits per heavy atom. The van der Waals surface area contributed by atoms with Crippen molar-refractivity contribution in [2.45, 2.75) is 44.9 Å². The molecule has 7 heteroatoms. The van der Waals surface area contributed by atoms with Crippen molar-refractivity contribution in [2.75, 3.05) is 54.0 Å². The van der Waals surface area contributed by atoms with Gasteiger partial charge in [0.15, 0.2) is 0 Å². The standard InChI is InChI=1S/C21H24Br2N2.C10H12BrN.CH2O/c22-20-14-18(24-9-1-2-10-24)7-5-16(20)13-17-6-8-19(15-21(17)23)25-11-3-4-12-25;11-9-4-3-5-10(8-9)12-6-1-2-7-12;1-2/h5-8,14-15H,1-4,9-13H2;3-5,8H,1-2,6-7H2;1H2. The molecule has 0 radical (unpaired) electrons. The number of carbonyl (C=O) groups is 1. The molecule has 3 aliphatic rings. The van der Waals surface area contributed by atoms with Crippen molar-refractivity contribution < 1.29 is 4.79 Å². The monoisotopic (exact) mass is 717 g/mol. The van der Waals surface area contributed by atoms with Crippen molar-refractivity contribution >= 4 is 71.6 Å². The maximum absolute atomic E-state index is 8.00. The third kappa shape index (κ3) is 8.34. The first-order valence-electron chi connectivity index (χ1n) is 13.9. The molecule has 208 valence electrons. The molecule has 0 saturated carbocycles. The van der Waals surface area contributed by atoms with Crippen molar-refractivity contribution in [3.63, 3.8) is 0 Å². The molecular formula is C32H38Br3N3O. The van der Waals surface area contributed by atoms with Gasteiger partial charge < -0.3 is 19.5 Å². The molecule has 0 unspecified atom stereocenters. The highest BCUT2D eigenvalue weighted by atomic mass is 79.9. The first-order chi connectivity index (χ1) is 19.1. The van der Waals surface area contributed by atoms with E-state index in [1.165, 1.54) is 119 Å². The van der Waals surface area contributed by atoms with Crippen molar-refractivity contribution in [2.24, 2.45) is 0 Å². The van der Waals surface area contributed by atoms with Crippen molar-refractivity contribution in [1.82, 2.24) is 0 Å². The fourth-order valence-electron chi connectivity index (χ4n) is 5.56. The molecule has 3 aliphatic heterocycles. The molecule has 4 nitrogen and oxygen atoms in total. The number of carbonyl (C=O) groups excluding carboxylic acids is 1. The quantitative estimate of drug-likeness (QED) is 0.263. The largest absolute Gasteiger partial charge is 0.372 e. The van der Waals surface area contributed by atoms with E-state index < -0.39 is 0 Å². The SMILES string of the molecule is Brc1cc(N2CCCC2)ccc1Cc1ccc(N2CCCC2)cc1Br.Brc1cccc(N2CCCC2)c1.C=O. The molecule has 39 heavy (non-hydrogen) atoms. The number of halogens is 3. The zero-order chi connectivity index (χ0) is 27.6. The summed E-state index contributed by atoms with van der Waals surface area (Å²) in [7, 11) is 0. The maximum Gasteiger partial charge on any atom is 0.106 e. The normalized spacial score (nSPS) is 16.5. The smallest absolute Gasteiger partial charge is 0.106 e. The Kier molecular flexibility index (Phi) is 11.8. The van der Waals surface area contributed by atoms with Crippen LogP contribution in [0.3, 0.4) is 0 Å². The molecule has 3 saturated heterocycles. The Morgan fingerprint density at radius 3 is 1.28 bits per heavy atom. The Morgan fingerprint density at radius 2 is 0.923 bits per heavy atom. The minimum atomic E-state index is 0.946. The summed E-state index contributed by atoms with van der Waals surface area (Å²) in [4.78, 5) is 15.4. The second-order valence-electron chi connectivity index (χ2n) is 10.3. The van der Waals surface area contributed by atoms with Crippen LogP contribution in [-0.4, -0.2) is 46.1 Å². The van der Waals surface area contributed by atoms with E-state index in [0.29, 0.717) is 0 Å². The summed E-state index contributed by atoms with van der Waals surface area (Å²) in [5.74, 6) is 0. The number of nitrogens with zero attached hydrogens (tertiary/aromatic N) is 3. The molecular weight excluding hydrogens is 682 g/mol. The zero-order valence-corrected chi connectivity index (χ0v) is 27.3. The highest BCUT2D eigenvalue weighted by Crippen LogP contribution is 2.32. The van der Waals surface area contributed by atoms with Crippen LogP contribution in [0.15, 0.2) is 74.1 Å². The summed E-state index contributed by atoms with van der Waals surface area (Å²) >= 11 is 11.1. The summed E-state index contributed by atoms with van der Waals surface area (Å²) in [5.41, 5.74) is 6.73. The second kappa shape index (κ2) is 15.2. The van der Waals surface area contributed by atoms with Gasteiger partial charge in [0.1, 0.15) is 6.79 Å². The van der Waals surface area contributed by atoms with Gasteiger partial charge in [-0.15, -0.1) is 0 Å². The molecule has 6 rings (SSSR count). The minimum Gasteiger partial charge on any atom is -0.372 e. The van der Waals surface area contributed by atoms with Gasteiger partial charge in [-0.25, -0.2) is 0 Å². The Hall–Kier alpha value is -1.83. The van der Waals surface area contributed by atoms with Gasteiger partial charge in [0, 0.05) is 69.7 Å². The van der Waals surface area contributed by atoms with Crippen LogP contribution in [0.1, 0.15) is 49.7 Å². The van der Waals surface area contributed by atoms with Crippen molar-refractivity contribution in [3.8, 4) is 0 Å². The van der Waals surface area contributed by atoms with Crippen LogP contribution in [0, 0.1) is 0 Å². The summed E-state index contributed by atoms with van der Waals surface area (Å²) in [6, 6.07) is 22.2. The third-order valence-electron chi connectivity index (χ3n) is 7.68. The number of anilines is 3. The molecule has 0 N–H and O–H groups in total. The summed E-state index contributed by atoms with van der Waals surface area (Å²) in [5, 5.41) is 0. The van der Waals surface area contributed by atoms with Crippen LogP contribution >= 0.6 is 47.8 Å². The van der Waals surface area contributed by atoms with Crippen LogP contribution in [0.25, 0.3) is 0 Å². The topological polar surface area (TPSA) is 26.8 Å². The summed E-state index contributed by atoms with van der Waals surface area (Å²) in [6.45, 7) is 9.20. The van der Waals surface area contributed by atoms with Gasteiger partial charge in [-0.1, -0.05) is 66.0 Å². The minimum absolute atomic E-state index is 0.946. The molecule has 0 aliphatic carbocycles. The molecule has 0 spiro atoms. The van der Waals surface area contributed by atoms with E-state index in [2.05, 4.69) is 123 Å². The van der Waals surface area contributed by atoms with E-state index in [1.54, 1.807) is 0 Å². The Bertz CT molecular complexity index is 1140. The number of benzene rings is 3. The second-order valence-corrected chi connectivity index (χ2v) is 12.9. The molecule has 3 aromatic carbocycles. The molecule has 0 bridgehead atoms. The first-order valence-corrected chi connectivity index (χ1v) is 16.3. The lowest BCUT2D eigenvalue weighted by Gasteiger charge is -2.20. The number of hydrogen-bond donors (Lipinski definition) is 0. The fourth-order valence-corrected chi connectivity index (χ4v) is 6.96. The molecule has 3 aromatic rings. The molecule has 0 aromatic heterocycles. The average molecular weight is 720 g/mol.